The van der Waals surface area contributed by atoms with Crippen molar-refractivity contribution in [3.8, 4) is 0 Å². The Morgan fingerprint density at radius 2 is 2.25 bits per heavy atom. The zero-order valence-corrected chi connectivity index (χ0v) is 11.0. The van der Waals surface area contributed by atoms with Crippen LogP contribution < -0.4 is 5.32 Å². The van der Waals surface area contributed by atoms with Gasteiger partial charge in [0.05, 0.1) is 18.6 Å². The van der Waals surface area contributed by atoms with Crippen molar-refractivity contribution in [2.24, 2.45) is 7.05 Å². The van der Waals surface area contributed by atoms with Crippen molar-refractivity contribution in [2.45, 2.75) is 13.5 Å². The van der Waals surface area contributed by atoms with E-state index in [1.807, 2.05) is 24.1 Å². The molecule has 3 nitrogen and oxygen atoms in total. The second-order valence-corrected chi connectivity index (χ2v) is 4.69. The highest BCUT2D eigenvalue weighted by Gasteiger charge is 2.01. The van der Waals surface area contributed by atoms with Gasteiger partial charge in [0, 0.05) is 23.4 Å². The predicted octanol–water partition coefficient (Wildman–Crippen LogP) is 3.10. The molecule has 1 aromatic heterocycles. The van der Waals surface area contributed by atoms with Gasteiger partial charge in [0.2, 0.25) is 0 Å². The molecule has 0 fully saturated rings. The third-order valence-corrected chi connectivity index (χ3v) is 3.19. The summed E-state index contributed by atoms with van der Waals surface area (Å²) in [5, 5.41) is 3.39. The summed E-state index contributed by atoms with van der Waals surface area (Å²) in [6.07, 6.45) is 3.68. The van der Waals surface area contributed by atoms with Crippen LogP contribution in [0.4, 0.5) is 5.69 Å². The van der Waals surface area contributed by atoms with Crippen molar-refractivity contribution >= 4 is 21.6 Å². The number of benzene rings is 1. The number of rotatable bonds is 3. The molecule has 0 aliphatic carbocycles. The number of hydrogen-bond donors (Lipinski definition) is 1. The number of nitrogens with one attached hydrogen (secondary N) is 1. The van der Waals surface area contributed by atoms with Crippen LogP contribution in [0.2, 0.25) is 0 Å². The van der Waals surface area contributed by atoms with E-state index in [9.17, 15) is 0 Å². The van der Waals surface area contributed by atoms with Crippen molar-refractivity contribution in [3.05, 3.63) is 46.5 Å². The Hall–Kier alpha value is -1.29. The fraction of sp³-hybridized carbons (Fsp3) is 0.250. The molecule has 0 saturated heterocycles. The van der Waals surface area contributed by atoms with Gasteiger partial charge in [0.25, 0.3) is 0 Å². The molecule has 0 aliphatic rings. The van der Waals surface area contributed by atoms with E-state index in [4.69, 9.17) is 0 Å². The molecule has 0 atom stereocenters. The summed E-state index contributed by atoms with van der Waals surface area (Å²) >= 11 is 3.53. The van der Waals surface area contributed by atoms with Gasteiger partial charge in [-0.1, -0.05) is 6.07 Å². The minimum atomic E-state index is 0.776. The Kier molecular flexibility index (Phi) is 3.29. The maximum Gasteiger partial charge on any atom is 0.0946 e. The lowest BCUT2D eigenvalue weighted by molar-refractivity contribution is 0.837. The minimum absolute atomic E-state index is 0.776. The highest BCUT2D eigenvalue weighted by atomic mass is 79.9. The number of imidazole rings is 1. The van der Waals surface area contributed by atoms with Gasteiger partial charge in [0.1, 0.15) is 0 Å². The number of nitrogens with zero attached hydrogens (tertiary/aromatic N) is 2. The molecule has 1 aromatic carbocycles. The van der Waals surface area contributed by atoms with E-state index in [-0.39, 0.29) is 0 Å². The van der Waals surface area contributed by atoms with Crippen LogP contribution >= 0.6 is 15.9 Å². The molecule has 0 unspecified atom stereocenters. The molecule has 0 aliphatic heterocycles. The summed E-state index contributed by atoms with van der Waals surface area (Å²) in [7, 11) is 2.00. The predicted molar refractivity (Wildman–Crippen MR) is 69.4 cm³/mol. The second kappa shape index (κ2) is 4.70. The monoisotopic (exact) mass is 279 g/mol. The zero-order chi connectivity index (χ0) is 11.5. The summed E-state index contributed by atoms with van der Waals surface area (Å²) in [4.78, 5) is 4.09. The summed E-state index contributed by atoms with van der Waals surface area (Å²) in [5.74, 6) is 0. The van der Waals surface area contributed by atoms with Crippen LogP contribution in [-0.2, 0) is 13.6 Å². The summed E-state index contributed by atoms with van der Waals surface area (Å²) in [5.41, 5.74) is 3.52. The van der Waals surface area contributed by atoms with Gasteiger partial charge in [-0.05, 0) is 40.5 Å². The van der Waals surface area contributed by atoms with Crippen molar-refractivity contribution in [1.29, 1.82) is 0 Å². The number of aryl methyl sites for hydroxylation is 2. The van der Waals surface area contributed by atoms with Crippen molar-refractivity contribution < 1.29 is 0 Å². The van der Waals surface area contributed by atoms with Gasteiger partial charge in [-0.3, -0.25) is 0 Å². The molecule has 0 amide bonds. The van der Waals surface area contributed by atoms with Crippen molar-refractivity contribution in [3.63, 3.8) is 0 Å². The van der Waals surface area contributed by atoms with E-state index in [0.29, 0.717) is 0 Å². The first-order chi connectivity index (χ1) is 7.66. The maximum atomic E-state index is 4.09. The molecule has 2 rings (SSSR count). The maximum absolute atomic E-state index is 4.09. The number of anilines is 1. The third-order valence-electron chi connectivity index (χ3n) is 2.50. The first kappa shape index (κ1) is 11.2. The highest BCUT2D eigenvalue weighted by molar-refractivity contribution is 9.10. The fourth-order valence-electron chi connectivity index (χ4n) is 1.52. The molecule has 0 radical (unpaired) electrons. The molecular formula is C12H14BrN3. The van der Waals surface area contributed by atoms with E-state index in [1.54, 1.807) is 0 Å². The Labute approximate surface area is 104 Å². The SMILES string of the molecule is Cc1ccc(Br)c(NCc2cncn2C)c1. The van der Waals surface area contributed by atoms with Crippen molar-refractivity contribution in [1.82, 2.24) is 9.55 Å². The molecule has 0 spiro atoms. The standard InChI is InChI=1S/C12H14BrN3/c1-9-3-4-11(13)12(5-9)15-7-10-6-14-8-16(10)2/h3-6,8,15H,7H2,1-2H3. The Morgan fingerprint density at radius 1 is 1.44 bits per heavy atom. The topological polar surface area (TPSA) is 29.9 Å². The van der Waals surface area contributed by atoms with E-state index in [0.717, 1.165) is 22.4 Å². The lowest BCUT2D eigenvalue weighted by Gasteiger charge is -2.09. The normalized spacial score (nSPS) is 10.4. The smallest absolute Gasteiger partial charge is 0.0946 e. The summed E-state index contributed by atoms with van der Waals surface area (Å²) in [6, 6.07) is 6.26. The van der Waals surface area contributed by atoms with E-state index < -0.39 is 0 Å². The molecule has 2 aromatic rings. The van der Waals surface area contributed by atoms with E-state index in [1.165, 1.54) is 5.56 Å². The van der Waals surface area contributed by atoms with Crippen LogP contribution in [-0.4, -0.2) is 9.55 Å². The molecule has 0 bridgehead atoms. The molecular weight excluding hydrogens is 266 g/mol. The lowest BCUT2D eigenvalue weighted by Crippen LogP contribution is -2.04. The zero-order valence-electron chi connectivity index (χ0n) is 9.37. The largest absolute Gasteiger partial charge is 0.378 e. The Balaban J connectivity index is 2.10. The van der Waals surface area contributed by atoms with Gasteiger partial charge >= 0.3 is 0 Å². The minimum Gasteiger partial charge on any atom is -0.378 e. The van der Waals surface area contributed by atoms with Crippen LogP contribution in [0.25, 0.3) is 0 Å². The lowest BCUT2D eigenvalue weighted by atomic mass is 10.2. The Morgan fingerprint density at radius 3 is 2.94 bits per heavy atom. The average Bonchev–Trinajstić information content (AvgIpc) is 2.66. The van der Waals surface area contributed by atoms with Gasteiger partial charge < -0.3 is 9.88 Å². The van der Waals surface area contributed by atoms with Gasteiger partial charge in [-0.25, -0.2) is 4.98 Å². The molecule has 84 valence electrons. The van der Waals surface area contributed by atoms with E-state index in [2.05, 4.69) is 51.4 Å². The second-order valence-electron chi connectivity index (χ2n) is 3.83. The van der Waals surface area contributed by atoms with E-state index >= 15 is 0 Å². The molecule has 1 heterocycles. The molecule has 16 heavy (non-hydrogen) atoms. The van der Waals surface area contributed by atoms with Crippen LogP contribution in [0.1, 0.15) is 11.3 Å². The quantitative estimate of drug-likeness (QED) is 0.936. The number of aromatic nitrogens is 2. The van der Waals surface area contributed by atoms with Crippen LogP contribution in [0.3, 0.4) is 0 Å². The van der Waals surface area contributed by atoms with Crippen LogP contribution in [0.5, 0.6) is 0 Å². The van der Waals surface area contributed by atoms with Crippen LogP contribution in [0.15, 0.2) is 35.2 Å². The Bertz CT molecular complexity index is 491. The first-order valence-electron chi connectivity index (χ1n) is 5.12. The summed E-state index contributed by atoms with van der Waals surface area (Å²) in [6.45, 7) is 2.86. The number of hydrogen-bond acceptors (Lipinski definition) is 2. The summed E-state index contributed by atoms with van der Waals surface area (Å²) < 4.78 is 3.09. The molecule has 0 saturated carbocycles. The fourth-order valence-corrected chi connectivity index (χ4v) is 1.90. The van der Waals surface area contributed by atoms with Gasteiger partial charge in [-0.2, -0.15) is 0 Å². The highest BCUT2D eigenvalue weighted by Crippen LogP contribution is 2.23. The van der Waals surface area contributed by atoms with Crippen molar-refractivity contribution in [2.75, 3.05) is 5.32 Å². The molecule has 1 N–H and O–H groups in total. The first-order valence-corrected chi connectivity index (χ1v) is 5.91. The molecule has 4 heteroatoms. The van der Waals surface area contributed by atoms with Gasteiger partial charge in [-0.15, -0.1) is 0 Å². The van der Waals surface area contributed by atoms with Crippen LogP contribution in [0, 0.1) is 6.92 Å². The van der Waals surface area contributed by atoms with Gasteiger partial charge in [0.15, 0.2) is 0 Å². The average molecular weight is 280 g/mol. The number of halogens is 1. The third kappa shape index (κ3) is 2.44.